The number of nitrogens with one attached hydrogen (secondary N) is 3. The summed E-state index contributed by atoms with van der Waals surface area (Å²) in [6, 6.07) is 0.722. The van der Waals surface area contributed by atoms with Crippen molar-refractivity contribution in [1.82, 2.24) is 25.6 Å². The lowest BCUT2D eigenvalue weighted by atomic mass is 10.0. The molecular formula is C23H24F4N6O3. The molecule has 192 valence electrons. The standard InChI is InChI=1S/C23H24F4N6O3/c1-11-4-5-15(24)17-16(11)30-19(31-17)13-8-28-9-14(20(34)29-12(2)23(25,26)27)18(13)33-7-6-22(3,10-33)32-21(35)36/h4-5,8-9,12,32H,6-7,10H2,1-3H3,(H,29,34)(H,30,31)(H,35,36). The van der Waals surface area contributed by atoms with Gasteiger partial charge in [0.1, 0.15) is 23.2 Å². The summed E-state index contributed by atoms with van der Waals surface area (Å²) in [6.45, 7) is 4.67. The summed E-state index contributed by atoms with van der Waals surface area (Å²) >= 11 is 0. The largest absolute Gasteiger partial charge is 0.465 e. The van der Waals surface area contributed by atoms with Crippen molar-refractivity contribution in [2.24, 2.45) is 0 Å². The molecule has 3 aromatic rings. The van der Waals surface area contributed by atoms with Crippen LogP contribution in [-0.4, -0.2) is 62.9 Å². The highest BCUT2D eigenvalue weighted by Gasteiger charge is 2.40. The van der Waals surface area contributed by atoms with Crippen molar-refractivity contribution in [2.75, 3.05) is 18.0 Å². The molecule has 1 aromatic carbocycles. The number of carbonyl (C=O) groups is 2. The number of rotatable bonds is 5. The molecular weight excluding hydrogens is 484 g/mol. The van der Waals surface area contributed by atoms with E-state index in [1.165, 1.54) is 12.3 Å². The molecule has 1 aliphatic rings. The van der Waals surface area contributed by atoms with Crippen molar-refractivity contribution in [3.63, 3.8) is 0 Å². The van der Waals surface area contributed by atoms with Crippen LogP contribution in [0.1, 0.15) is 36.2 Å². The van der Waals surface area contributed by atoms with E-state index >= 15 is 0 Å². The summed E-state index contributed by atoms with van der Waals surface area (Å²) in [5, 5.41) is 13.6. The van der Waals surface area contributed by atoms with Crippen LogP contribution in [0.15, 0.2) is 24.5 Å². The van der Waals surface area contributed by atoms with Crippen LogP contribution in [0, 0.1) is 12.7 Å². The number of anilines is 1. The van der Waals surface area contributed by atoms with E-state index in [4.69, 9.17) is 0 Å². The molecule has 9 nitrogen and oxygen atoms in total. The van der Waals surface area contributed by atoms with Gasteiger partial charge in [0.2, 0.25) is 0 Å². The Bertz CT molecular complexity index is 1300. The molecule has 2 atom stereocenters. The molecule has 1 saturated heterocycles. The molecule has 4 rings (SSSR count). The zero-order chi connectivity index (χ0) is 26.4. The van der Waals surface area contributed by atoms with Crippen LogP contribution >= 0.6 is 0 Å². The molecule has 0 bridgehead atoms. The second-order valence-electron chi connectivity index (χ2n) is 9.16. The third-order valence-corrected chi connectivity index (χ3v) is 6.25. The molecule has 0 spiro atoms. The molecule has 4 N–H and O–H groups in total. The topological polar surface area (TPSA) is 123 Å². The molecule has 2 unspecified atom stereocenters. The van der Waals surface area contributed by atoms with Gasteiger partial charge in [0.25, 0.3) is 5.91 Å². The van der Waals surface area contributed by atoms with Crippen LogP contribution in [-0.2, 0) is 0 Å². The second-order valence-corrected chi connectivity index (χ2v) is 9.16. The van der Waals surface area contributed by atoms with Gasteiger partial charge in [-0.2, -0.15) is 13.2 Å². The summed E-state index contributed by atoms with van der Waals surface area (Å²) in [4.78, 5) is 37.4. The first-order chi connectivity index (χ1) is 16.8. The van der Waals surface area contributed by atoms with Crippen LogP contribution < -0.4 is 15.5 Å². The third-order valence-electron chi connectivity index (χ3n) is 6.25. The molecule has 0 aliphatic carbocycles. The average molecular weight is 508 g/mol. The van der Waals surface area contributed by atoms with Gasteiger partial charge in [0.05, 0.1) is 27.9 Å². The summed E-state index contributed by atoms with van der Waals surface area (Å²) in [7, 11) is 0. The Balaban J connectivity index is 1.84. The maximum atomic E-state index is 14.5. The predicted molar refractivity (Wildman–Crippen MR) is 123 cm³/mol. The number of hydrogen-bond acceptors (Lipinski definition) is 5. The van der Waals surface area contributed by atoms with E-state index in [0.29, 0.717) is 17.5 Å². The van der Waals surface area contributed by atoms with Crippen LogP contribution in [0.25, 0.3) is 22.4 Å². The summed E-state index contributed by atoms with van der Waals surface area (Å²) in [5.41, 5.74) is 0.625. The summed E-state index contributed by atoms with van der Waals surface area (Å²) in [6.07, 6.45) is -2.99. The molecule has 36 heavy (non-hydrogen) atoms. The number of amides is 2. The minimum Gasteiger partial charge on any atom is -0.465 e. The third kappa shape index (κ3) is 4.77. The Hall–Kier alpha value is -3.90. The zero-order valence-corrected chi connectivity index (χ0v) is 19.6. The van der Waals surface area contributed by atoms with E-state index in [0.717, 1.165) is 13.1 Å². The fourth-order valence-corrected chi connectivity index (χ4v) is 4.32. The summed E-state index contributed by atoms with van der Waals surface area (Å²) < 4.78 is 53.8. The first-order valence-corrected chi connectivity index (χ1v) is 11.1. The molecule has 13 heteroatoms. The lowest BCUT2D eigenvalue weighted by Gasteiger charge is -2.28. The van der Waals surface area contributed by atoms with Gasteiger partial charge < -0.3 is 25.6 Å². The number of hydrogen-bond donors (Lipinski definition) is 4. The normalized spacial score (nSPS) is 18.9. The van der Waals surface area contributed by atoms with Gasteiger partial charge in [-0.25, -0.2) is 14.2 Å². The molecule has 1 aliphatic heterocycles. The number of nitrogens with zero attached hydrogens (tertiary/aromatic N) is 3. The number of alkyl halides is 3. The Kier molecular flexibility index (Phi) is 6.27. The minimum atomic E-state index is -4.66. The maximum Gasteiger partial charge on any atom is 0.408 e. The van der Waals surface area contributed by atoms with Gasteiger partial charge in [0.15, 0.2) is 0 Å². The number of aryl methyl sites for hydroxylation is 1. The van der Waals surface area contributed by atoms with Gasteiger partial charge in [-0.05, 0) is 38.8 Å². The van der Waals surface area contributed by atoms with E-state index in [2.05, 4.69) is 20.3 Å². The molecule has 1 fully saturated rings. The Morgan fingerprint density at radius 1 is 1.28 bits per heavy atom. The average Bonchev–Trinajstić information content (AvgIpc) is 3.39. The minimum absolute atomic E-state index is 0.124. The number of fused-ring (bicyclic) bond motifs is 1. The van der Waals surface area contributed by atoms with Gasteiger partial charge >= 0.3 is 12.3 Å². The highest BCUT2D eigenvalue weighted by Crippen LogP contribution is 2.37. The molecule has 2 aromatic heterocycles. The van der Waals surface area contributed by atoms with Gasteiger partial charge in [-0.15, -0.1) is 0 Å². The number of benzene rings is 1. The number of aromatic amines is 1. The quantitative estimate of drug-likeness (QED) is 0.387. The summed E-state index contributed by atoms with van der Waals surface area (Å²) in [5.74, 6) is -1.39. The fourth-order valence-electron chi connectivity index (χ4n) is 4.32. The first kappa shape index (κ1) is 25.2. The van der Waals surface area contributed by atoms with Crippen LogP contribution in [0.3, 0.4) is 0 Å². The van der Waals surface area contributed by atoms with Crippen molar-refractivity contribution in [3.8, 4) is 11.4 Å². The SMILES string of the molecule is Cc1ccc(F)c2[nH]c(-c3cncc(C(=O)NC(C)C(F)(F)F)c3N3CCC(C)(NC(=O)O)C3)nc12. The van der Waals surface area contributed by atoms with Crippen molar-refractivity contribution in [2.45, 2.75) is 44.9 Å². The van der Waals surface area contributed by atoms with Crippen LogP contribution in [0.4, 0.5) is 28.0 Å². The Morgan fingerprint density at radius 3 is 2.64 bits per heavy atom. The monoisotopic (exact) mass is 508 g/mol. The first-order valence-electron chi connectivity index (χ1n) is 11.1. The Labute approximate surface area is 202 Å². The number of carboxylic acid groups (broad SMARTS) is 1. The molecule has 3 heterocycles. The number of carbonyl (C=O) groups excluding carboxylic acids is 1. The van der Waals surface area contributed by atoms with E-state index in [1.54, 1.807) is 24.8 Å². The van der Waals surface area contributed by atoms with Crippen LogP contribution in [0.2, 0.25) is 0 Å². The van der Waals surface area contributed by atoms with E-state index in [9.17, 15) is 32.3 Å². The fraction of sp³-hybridized carbons (Fsp3) is 0.391. The molecule has 2 amide bonds. The lowest BCUT2D eigenvalue weighted by Crippen LogP contribution is -2.47. The van der Waals surface area contributed by atoms with Crippen LogP contribution in [0.5, 0.6) is 0 Å². The number of halogens is 4. The number of imidazole rings is 1. The Morgan fingerprint density at radius 2 is 2.00 bits per heavy atom. The van der Waals surface area contributed by atoms with Crippen molar-refractivity contribution >= 4 is 28.7 Å². The van der Waals surface area contributed by atoms with Crippen molar-refractivity contribution < 1.29 is 32.3 Å². The highest BCUT2D eigenvalue weighted by atomic mass is 19.4. The molecule has 0 radical (unpaired) electrons. The van der Waals surface area contributed by atoms with Gasteiger partial charge in [0, 0.05) is 25.5 Å². The number of aromatic nitrogens is 3. The smallest absolute Gasteiger partial charge is 0.408 e. The highest BCUT2D eigenvalue weighted by molar-refractivity contribution is 6.03. The second kappa shape index (κ2) is 8.95. The maximum absolute atomic E-state index is 14.5. The van der Waals surface area contributed by atoms with E-state index in [1.807, 2.05) is 5.32 Å². The predicted octanol–water partition coefficient (Wildman–Crippen LogP) is 3.99. The van der Waals surface area contributed by atoms with E-state index in [-0.39, 0.29) is 41.2 Å². The van der Waals surface area contributed by atoms with Gasteiger partial charge in [-0.3, -0.25) is 9.78 Å². The number of H-pyrrole nitrogens is 1. The lowest BCUT2D eigenvalue weighted by molar-refractivity contribution is -0.149. The molecule has 0 saturated carbocycles. The zero-order valence-electron chi connectivity index (χ0n) is 19.6. The van der Waals surface area contributed by atoms with E-state index < -0.39 is 35.6 Å². The van der Waals surface area contributed by atoms with Crippen molar-refractivity contribution in [1.29, 1.82) is 0 Å². The van der Waals surface area contributed by atoms with Gasteiger partial charge in [-0.1, -0.05) is 6.07 Å². The number of pyridine rings is 1. The van der Waals surface area contributed by atoms with Crippen molar-refractivity contribution in [3.05, 3.63) is 41.5 Å².